The van der Waals surface area contributed by atoms with Gasteiger partial charge in [-0.3, -0.25) is 4.79 Å². The molecule has 0 radical (unpaired) electrons. The second kappa shape index (κ2) is 6.51. The zero-order valence-corrected chi connectivity index (χ0v) is 13.1. The van der Waals surface area contributed by atoms with E-state index in [0.717, 1.165) is 16.9 Å². The van der Waals surface area contributed by atoms with Gasteiger partial charge in [0.25, 0.3) is 0 Å². The maximum absolute atomic E-state index is 12.4. The lowest BCUT2D eigenvalue weighted by molar-refractivity contribution is 0.0763. The number of ether oxygens (including phenoxy) is 1. The number of nitrogens with zero attached hydrogens (tertiary/aromatic N) is 3. The molecule has 0 bridgehead atoms. The first kappa shape index (κ1) is 15.1. The van der Waals surface area contributed by atoms with Gasteiger partial charge >= 0.3 is 17.8 Å². The predicted molar refractivity (Wildman–Crippen MR) is 85.3 cm³/mol. The average molecular weight is 314 g/mol. The third-order valence-electron chi connectivity index (χ3n) is 3.58. The minimum absolute atomic E-state index is 0.00115. The van der Waals surface area contributed by atoms with Crippen LogP contribution >= 0.6 is 0 Å². The van der Waals surface area contributed by atoms with Crippen LogP contribution in [0.15, 0.2) is 34.8 Å². The summed E-state index contributed by atoms with van der Waals surface area (Å²) in [6, 6.07) is 8.03. The van der Waals surface area contributed by atoms with Gasteiger partial charge in [0, 0.05) is 19.6 Å². The number of hydrogen-bond acceptors (Lipinski definition) is 6. The summed E-state index contributed by atoms with van der Waals surface area (Å²) < 4.78 is 10.5. The van der Waals surface area contributed by atoms with Crippen molar-refractivity contribution in [3.8, 4) is 5.75 Å². The summed E-state index contributed by atoms with van der Waals surface area (Å²) in [5.74, 6) is 0.525. The van der Waals surface area contributed by atoms with Crippen molar-refractivity contribution in [3.05, 3.63) is 41.8 Å². The van der Waals surface area contributed by atoms with Crippen LogP contribution in [0.1, 0.15) is 23.2 Å². The van der Waals surface area contributed by atoms with Gasteiger partial charge in [-0.05, 0) is 30.2 Å². The summed E-state index contributed by atoms with van der Waals surface area (Å²) in [6.45, 7) is 3.59. The minimum atomic E-state index is -0.268. The number of aromatic nitrogens is 2. The van der Waals surface area contributed by atoms with E-state index in [0.29, 0.717) is 19.6 Å². The van der Waals surface area contributed by atoms with Gasteiger partial charge in [-0.1, -0.05) is 23.3 Å². The van der Waals surface area contributed by atoms with E-state index in [2.05, 4.69) is 15.5 Å². The topological polar surface area (TPSA) is 80.5 Å². The van der Waals surface area contributed by atoms with Crippen LogP contribution in [0.3, 0.4) is 0 Å². The number of rotatable bonds is 5. The Labute approximate surface area is 133 Å². The highest BCUT2D eigenvalue weighted by molar-refractivity contribution is 5.92. The maximum atomic E-state index is 12.4. The lowest BCUT2D eigenvalue weighted by atomic mass is 10.1. The second-order valence-electron chi connectivity index (χ2n) is 5.09. The van der Waals surface area contributed by atoms with Gasteiger partial charge < -0.3 is 19.4 Å². The fraction of sp³-hybridized carbons (Fsp3) is 0.312. The molecule has 0 aliphatic carbocycles. The molecule has 7 nitrogen and oxygen atoms in total. The molecule has 0 saturated heterocycles. The third-order valence-corrected chi connectivity index (χ3v) is 3.58. The number of carbonyl (C=O) groups is 1. The molecule has 2 aromatic rings. The van der Waals surface area contributed by atoms with Crippen LogP contribution in [0.2, 0.25) is 0 Å². The molecular formula is C16H18N4O3. The Bertz CT molecular complexity index is 738. The Hall–Kier alpha value is -2.83. The molecule has 0 fully saturated rings. The Morgan fingerprint density at radius 1 is 1.43 bits per heavy atom. The van der Waals surface area contributed by atoms with Crippen molar-refractivity contribution in [2.24, 2.45) is 0 Å². The van der Waals surface area contributed by atoms with Crippen molar-refractivity contribution in [1.82, 2.24) is 15.1 Å². The molecule has 120 valence electrons. The SMILES string of the molecule is CCNc1nnc(C(=O)N2CC=C(c3cccc(OC)c3)C2)o1. The van der Waals surface area contributed by atoms with Crippen LogP contribution in [-0.4, -0.2) is 47.7 Å². The highest BCUT2D eigenvalue weighted by Crippen LogP contribution is 2.25. The molecule has 1 aliphatic rings. The number of benzene rings is 1. The molecular weight excluding hydrogens is 296 g/mol. The standard InChI is InChI=1S/C16H18N4O3/c1-3-17-16-19-18-14(23-16)15(21)20-8-7-12(10-20)11-5-4-6-13(9-11)22-2/h4-7,9H,3,8,10H2,1-2H3,(H,17,19). The summed E-state index contributed by atoms with van der Waals surface area (Å²) >= 11 is 0. The van der Waals surface area contributed by atoms with Crippen molar-refractivity contribution in [2.75, 3.05) is 32.1 Å². The Morgan fingerprint density at radius 3 is 3.09 bits per heavy atom. The Balaban J connectivity index is 1.69. The molecule has 0 atom stereocenters. The second-order valence-corrected chi connectivity index (χ2v) is 5.09. The van der Waals surface area contributed by atoms with Gasteiger partial charge in [0.05, 0.1) is 7.11 Å². The number of amides is 1. The zero-order chi connectivity index (χ0) is 16.2. The van der Waals surface area contributed by atoms with Crippen molar-refractivity contribution < 1.29 is 13.9 Å². The fourth-order valence-electron chi connectivity index (χ4n) is 2.41. The maximum Gasteiger partial charge on any atom is 0.315 e. The highest BCUT2D eigenvalue weighted by atomic mass is 16.5. The molecule has 7 heteroatoms. The van der Waals surface area contributed by atoms with E-state index in [1.54, 1.807) is 12.0 Å². The van der Waals surface area contributed by atoms with E-state index in [4.69, 9.17) is 9.15 Å². The van der Waals surface area contributed by atoms with Crippen LogP contribution in [0.5, 0.6) is 5.75 Å². The van der Waals surface area contributed by atoms with Crippen molar-refractivity contribution in [2.45, 2.75) is 6.92 Å². The smallest absolute Gasteiger partial charge is 0.315 e. The van der Waals surface area contributed by atoms with Gasteiger partial charge in [-0.2, -0.15) is 0 Å². The summed E-state index contributed by atoms with van der Waals surface area (Å²) in [7, 11) is 1.63. The van der Waals surface area contributed by atoms with Gasteiger partial charge in [0.15, 0.2) is 0 Å². The number of anilines is 1. The van der Waals surface area contributed by atoms with E-state index >= 15 is 0 Å². The first-order valence-electron chi connectivity index (χ1n) is 7.41. The quantitative estimate of drug-likeness (QED) is 0.910. The average Bonchev–Trinajstić information content (AvgIpc) is 3.24. The third kappa shape index (κ3) is 3.18. The molecule has 0 spiro atoms. The normalized spacial score (nSPS) is 13.8. The van der Waals surface area contributed by atoms with Crippen LogP contribution < -0.4 is 10.1 Å². The highest BCUT2D eigenvalue weighted by Gasteiger charge is 2.26. The van der Waals surface area contributed by atoms with Crippen molar-refractivity contribution in [1.29, 1.82) is 0 Å². The van der Waals surface area contributed by atoms with E-state index in [1.165, 1.54) is 0 Å². The van der Waals surface area contributed by atoms with Crippen LogP contribution in [-0.2, 0) is 0 Å². The lowest BCUT2D eigenvalue weighted by Crippen LogP contribution is -2.29. The first-order chi connectivity index (χ1) is 11.2. The molecule has 2 heterocycles. The molecule has 1 aliphatic heterocycles. The summed E-state index contributed by atoms with van der Waals surface area (Å²) in [4.78, 5) is 14.1. The number of methoxy groups -OCH3 is 1. The molecule has 1 aromatic heterocycles. The predicted octanol–water partition coefficient (Wildman–Crippen LogP) is 2.05. The molecule has 1 N–H and O–H groups in total. The molecule has 1 aromatic carbocycles. The molecule has 0 unspecified atom stereocenters. The van der Waals surface area contributed by atoms with E-state index < -0.39 is 0 Å². The minimum Gasteiger partial charge on any atom is -0.497 e. The summed E-state index contributed by atoms with van der Waals surface area (Å²) in [5, 5.41) is 10.5. The van der Waals surface area contributed by atoms with Crippen LogP contribution in [0, 0.1) is 0 Å². The number of carbonyl (C=O) groups excluding carboxylic acids is 1. The molecule has 1 amide bonds. The van der Waals surface area contributed by atoms with Crippen molar-refractivity contribution >= 4 is 17.5 Å². The zero-order valence-electron chi connectivity index (χ0n) is 13.1. The molecule has 23 heavy (non-hydrogen) atoms. The van der Waals surface area contributed by atoms with Gasteiger partial charge in [-0.25, -0.2) is 0 Å². The Morgan fingerprint density at radius 2 is 2.30 bits per heavy atom. The summed E-state index contributed by atoms with van der Waals surface area (Å²) in [5.41, 5.74) is 2.11. The van der Waals surface area contributed by atoms with E-state index in [1.807, 2.05) is 37.3 Å². The van der Waals surface area contributed by atoms with Crippen LogP contribution in [0.25, 0.3) is 5.57 Å². The molecule has 0 saturated carbocycles. The lowest BCUT2D eigenvalue weighted by Gasteiger charge is -2.14. The van der Waals surface area contributed by atoms with E-state index in [9.17, 15) is 4.79 Å². The van der Waals surface area contributed by atoms with Gasteiger partial charge in [0.1, 0.15) is 5.75 Å². The van der Waals surface area contributed by atoms with Crippen molar-refractivity contribution in [3.63, 3.8) is 0 Å². The largest absolute Gasteiger partial charge is 0.497 e. The fourth-order valence-corrected chi connectivity index (χ4v) is 2.41. The monoisotopic (exact) mass is 314 g/mol. The number of nitrogens with one attached hydrogen (secondary N) is 1. The first-order valence-corrected chi connectivity index (χ1v) is 7.41. The van der Waals surface area contributed by atoms with Crippen LogP contribution in [0.4, 0.5) is 6.01 Å². The summed E-state index contributed by atoms with van der Waals surface area (Å²) in [6.07, 6.45) is 2.02. The van der Waals surface area contributed by atoms with Gasteiger partial charge in [-0.15, -0.1) is 5.10 Å². The van der Waals surface area contributed by atoms with Gasteiger partial charge in [0.2, 0.25) is 0 Å². The van der Waals surface area contributed by atoms with E-state index in [-0.39, 0.29) is 17.8 Å². The Kier molecular flexibility index (Phi) is 4.27. The number of hydrogen-bond donors (Lipinski definition) is 1. The molecule has 3 rings (SSSR count).